The number of carbonyl (C=O) groups excluding carboxylic acids is 1. The summed E-state index contributed by atoms with van der Waals surface area (Å²) < 4.78 is 2.10. The summed E-state index contributed by atoms with van der Waals surface area (Å²) in [6.07, 6.45) is 7.78. The Labute approximate surface area is 114 Å². The molecular weight excluding hydrogens is 256 g/mol. The molecule has 1 saturated heterocycles. The van der Waals surface area contributed by atoms with Gasteiger partial charge in [-0.25, -0.2) is 9.78 Å². The van der Waals surface area contributed by atoms with E-state index >= 15 is 0 Å². The van der Waals surface area contributed by atoms with E-state index in [0.717, 1.165) is 48.0 Å². The number of nitrogens with one attached hydrogen (secondary N) is 2. The van der Waals surface area contributed by atoms with Crippen LogP contribution in [0.25, 0.3) is 21.8 Å². The minimum atomic E-state index is 0.0283. The summed E-state index contributed by atoms with van der Waals surface area (Å²) >= 11 is 0. The van der Waals surface area contributed by atoms with E-state index in [2.05, 4.69) is 37.5 Å². The van der Waals surface area contributed by atoms with Gasteiger partial charge >= 0.3 is 6.03 Å². The third-order valence-electron chi connectivity index (χ3n) is 3.73. The lowest BCUT2D eigenvalue weighted by Crippen LogP contribution is -2.30. The van der Waals surface area contributed by atoms with Crippen molar-refractivity contribution in [3.63, 3.8) is 0 Å². The van der Waals surface area contributed by atoms with E-state index in [1.54, 1.807) is 6.20 Å². The average Bonchev–Trinajstić information content (AvgIpc) is 3.13. The van der Waals surface area contributed by atoms with Crippen LogP contribution in [0.1, 0.15) is 0 Å². The van der Waals surface area contributed by atoms with E-state index < -0.39 is 0 Å². The molecule has 102 valence electrons. The molecule has 2 amide bonds. The topological polar surface area (TPSA) is 78.8 Å². The van der Waals surface area contributed by atoms with Gasteiger partial charge in [0.1, 0.15) is 0 Å². The van der Waals surface area contributed by atoms with Gasteiger partial charge in [-0.3, -0.25) is 5.10 Å². The number of aromatic nitrogens is 4. The van der Waals surface area contributed by atoms with Crippen molar-refractivity contribution in [2.45, 2.75) is 6.54 Å². The van der Waals surface area contributed by atoms with Crippen LogP contribution in [0.4, 0.5) is 4.79 Å². The normalized spacial score (nSPS) is 15.4. The predicted molar refractivity (Wildman–Crippen MR) is 74.4 cm³/mol. The van der Waals surface area contributed by atoms with Crippen LogP contribution in [0.15, 0.2) is 24.8 Å². The largest absolute Gasteiger partial charge is 0.351 e. The summed E-state index contributed by atoms with van der Waals surface area (Å²) in [6.45, 7) is 3.02. The fraction of sp³-hybridized carbons (Fsp3) is 0.308. The molecule has 0 unspecified atom stereocenters. The quantitative estimate of drug-likeness (QED) is 0.743. The van der Waals surface area contributed by atoms with Gasteiger partial charge in [0.25, 0.3) is 0 Å². The molecule has 2 N–H and O–H groups in total. The van der Waals surface area contributed by atoms with Crippen LogP contribution >= 0.6 is 0 Å². The highest BCUT2D eigenvalue weighted by molar-refractivity contribution is 6.03. The standard InChI is InChI=1S/C13H14N6O/c20-13-14-1-2-19(13)4-3-18-7-9-5-15-12-10(6-16-17-12)11(9)8-18/h5-8H,1-4H2,(H,14,20)(H,16,17). The van der Waals surface area contributed by atoms with Crippen molar-refractivity contribution in [2.24, 2.45) is 0 Å². The molecule has 0 saturated carbocycles. The summed E-state index contributed by atoms with van der Waals surface area (Å²) in [5.41, 5.74) is 0.800. The fourth-order valence-corrected chi connectivity index (χ4v) is 2.65. The first-order chi connectivity index (χ1) is 9.81. The molecule has 1 fully saturated rings. The molecule has 0 bridgehead atoms. The molecule has 4 rings (SSSR count). The Hall–Kier alpha value is -2.57. The minimum Gasteiger partial charge on any atom is -0.351 e. The van der Waals surface area contributed by atoms with Gasteiger partial charge in [-0.15, -0.1) is 0 Å². The van der Waals surface area contributed by atoms with Crippen molar-refractivity contribution in [3.8, 4) is 0 Å². The second-order valence-corrected chi connectivity index (χ2v) is 4.97. The lowest BCUT2D eigenvalue weighted by molar-refractivity contribution is 0.215. The minimum absolute atomic E-state index is 0.0283. The molecule has 3 aromatic rings. The monoisotopic (exact) mass is 270 g/mol. The number of hydrogen-bond acceptors (Lipinski definition) is 3. The maximum absolute atomic E-state index is 11.5. The first kappa shape index (κ1) is 11.3. The molecule has 7 heteroatoms. The highest BCUT2D eigenvalue weighted by Gasteiger charge is 2.18. The Morgan fingerprint density at radius 1 is 1.20 bits per heavy atom. The van der Waals surface area contributed by atoms with Crippen molar-refractivity contribution in [3.05, 3.63) is 24.8 Å². The van der Waals surface area contributed by atoms with E-state index in [1.807, 2.05) is 11.1 Å². The Morgan fingerprint density at radius 2 is 2.15 bits per heavy atom. The lowest BCUT2D eigenvalue weighted by Gasteiger charge is -2.13. The van der Waals surface area contributed by atoms with Crippen LogP contribution in [-0.2, 0) is 6.54 Å². The molecule has 1 aliphatic rings. The van der Waals surface area contributed by atoms with Crippen molar-refractivity contribution in [1.82, 2.24) is 30.0 Å². The van der Waals surface area contributed by atoms with Crippen LogP contribution in [0, 0.1) is 0 Å². The number of H-pyrrole nitrogens is 1. The summed E-state index contributed by atoms with van der Waals surface area (Å²) in [4.78, 5) is 17.6. The van der Waals surface area contributed by atoms with Crippen molar-refractivity contribution in [2.75, 3.05) is 19.6 Å². The molecule has 20 heavy (non-hydrogen) atoms. The van der Waals surface area contributed by atoms with Crippen molar-refractivity contribution >= 4 is 27.8 Å². The summed E-state index contributed by atoms with van der Waals surface area (Å²) in [5.74, 6) is 0. The molecule has 0 spiro atoms. The second-order valence-electron chi connectivity index (χ2n) is 4.97. The van der Waals surface area contributed by atoms with E-state index in [0.29, 0.717) is 0 Å². The summed E-state index contributed by atoms with van der Waals surface area (Å²) in [7, 11) is 0. The Bertz CT molecular complexity index is 788. The second kappa shape index (κ2) is 4.22. The number of nitrogens with zero attached hydrogens (tertiary/aromatic N) is 4. The smallest absolute Gasteiger partial charge is 0.317 e. The van der Waals surface area contributed by atoms with E-state index in [-0.39, 0.29) is 6.03 Å². The molecule has 0 aliphatic carbocycles. The van der Waals surface area contributed by atoms with Gasteiger partial charge in [-0.05, 0) is 0 Å². The van der Waals surface area contributed by atoms with Crippen LogP contribution in [0.3, 0.4) is 0 Å². The highest BCUT2D eigenvalue weighted by Crippen LogP contribution is 2.22. The number of pyridine rings is 1. The summed E-state index contributed by atoms with van der Waals surface area (Å²) in [5, 5.41) is 13.0. The molecule has 0 radical (unpaired) electrons. The third-order valence-corrected chi connectivity index (χ3v) is 3.73. The average molecular weight is 270 g/mol. The maximum Gasteiger partial charge on any atom is 0.317 e. The van der Waals surface area contributed by atoms with Gasteiger partial charge < -0.3 is 14.8 Å². The Balaban J connectivity index is 1.62. The molecule has 1 aliphatic heterocycles. The van der Waals surface area contributed by atoms with E-state index in [4.69, 9.17) is 0 Å². The predicted octanol–water partition coefficient (Wildman–Crippen LogP) is 0.938. The van der Waals surface area contributed by atoms with E-state index in [9.17, 15) is 4.79 Å². The third kappa shape index (κ3) is 1.70. The summed E-state index contributed by atoms with van der Waals surface area (Å²) in [6, 6.07) is 0.0283. The van der Waals surface area contributed by atoms with Gasteiger partial charge in [-0.2, -0.15) is 5.10 Å². The van der Waals surface area contributed by atoms with Crippen LogP contribution < -0.4 is 5.32 Å². The Morgan fingerprint density at radius 3 is 3.00 bits per heavy atom. The molecule has 7 nitrogen and oxygen atoms in total. The number of hydrogen-bond donors (Lipinski definition) is 2. The molecular formula is C13H14N6O. The van der Waals surface area contributed by atoms with Gasteiger partial charge in [0.05, 0.1) is 6.20 Å². The fourth-order valence-electron chi connectivity index (χ4n) is 2.65. The van der Waals surface area contributed by atoms with Gasteiger partial charge in [0.15, 0.2) is 5.65 Å². The first-order valence-corrected chi connectivity index (χ1v) is 6.61. The Kier molecular flexibility index (Phi) is 2.38. The zero-order chi connectivity index (χ0) is 13.5. The number of amides is 2. The van der Waals surface area contributed by atoms with Crippen LogP contribution in [0.2, 0.25) is 0 Å². The van der Waals surface area contributed by atoms with E-state index in [1.165, 1.54) is 0 Å². The lowest BCUT2D eigenvalue weighted by atomic mass is 10.2. The zero-order valence-corrected chi connectivity index (χ0v) is 10.8. The van der Waals surface area contributed by atoms with Gasteiger partial charge in [-0.1, -0.05) is 0 Å². The van der Waals surface area contributed by atoms with Gasteiger partial charge in [0.2, 0.25) is 0 Å². The van der Waals surface area contributed by atoms with Crippen LogP contribution in [-0.4, -0.2) is 50.3 Å². The van der Waals surface area contributed by atoms with Crippen LogP contribution in [0.5, 0.6) is 0 Å². The SMILES string of the molecule is O=C1NCCN1CCn1cc2cnc3[nH]ncc3c2c1. The molecule has 4 heterocycles. The first-order valence-electron chi connectivity index (χ1n) is 6.61. The number of aromatic amines is 1. The van der Waals surface area contributed by atoms with Crippen molar-refractivity contribution < 1.29 is 4.79 Å². The van der Waals surface area contributed by atoms with Crippen molar-refractivity contribution in [1.29, 1.82) is 0 Å². The zero-order valence-electron chi connectivity index (χ0n) is 10.8. The highest BCUT2D eigenvalue weighted by atomic mass is 16.2. The van der Waals surface area contributed by atoms with Gasteiger partial charge in [0, 0.05) is 60.9 Å². The molecule has 0 aromatic carbocycles. The maximum atomic E-state index is 11.5. The molecule has 3 aromatic heterocycles. The number of fused-ring (bicyclic) bond motifs is 3. The molecule has 0 atom stereocenters. The number of urea groups is 1. The number of rotatable bonds is 3. The number of carbonyl (C=O) groups is 1.